The summed E-state index contributed by atoms with van der Waals surface area (Å²) in [5.74, 6) is 0.728. The van der Waals surface area contributed by atoms with Crippen LogP contribution < -0.4 is 5.32 Å². The fraction of sp³-hybridized carbons (Fsp3) is 0.500. The first-order valence-corrected chi connectivity index (χ1v) is 8.15. The summed E-state index contributed by atoms with van der Waals surface area (Å²) in [5, 5.41) is 6.32. The van der Waals surface area contributed by atoms with Gasteiger partial charge >= 0.3 is 0 Å². The van der Waals surface area contributed by atoms with E-state index in [2.05, 4.69) is 75.5 Å². The highest BCUT2D eigenvalue weighted by Gasteiger charge is 2.19. The van der Waals surface area contributed by atoms with Gasteiger partial charge < -0.3 is 5.32 Å². The molecule has 0 atom stereocenters. The Labute approximate surface area is 129 Å². The van der Waals surface area contributed by atoms with Crippen molar-refractivity contribution in [3.63, 3.8) is 0 Å². The Bertz CT molecular complexity index is 564. The summed E-state index contributed by atoms with van der Waals surface area (Å²) in [6.45, 7) is 11.5. The highest BCUT2D eigenvalue weighted by atomic mass is 14.8. The summed E-state index contributed by atoms with van der Waals surface area (Å²) in [4.78, 5) is 0. The molecule has 1 heteroatoms. The molecule has 2 rings (SSSR count). The Hall–Kier alpha value is -1.34. The van der Waals surface area contributed by atoms with E-state index in [1.165, 1.54) is 22.8 Å². The molecule has 114 valence electrons. The first-order chi connectivity index (χ1) is 9.98. The molecule has 0 aliphatic heterocycles. The quantitative estimate of drug-likeness (QED) is 0.702. The van der Waals surface area contributed by atoms with Gasteiger partial charge in [0.2, 0.25) is 0 Å². The van der Waals surface area contributed by atoms with Crippen LogP contribution in [0.4, 0.5) is 0 Å². The Morgan fingerprint density at radius 1 is 1.00 bits per heavy atom. The van der Waals surface area contributed by atoms with Gasteiger partial charge in [0.05, 0.1) is 0 Å². The van der Waals surface area contributed by atoms with E-state index in [4.69, 9.17) is 0 Å². The lowest BCUT2D eigenvalue weighted by molar-refractivity contribution is 0.323. The van der Waals surface area contributed by atoms with Crippen molar-refractivity contribution < 1.29 is 0 Å². The summed E-state index contributed by atoms with van der Waals surface area (Å²) in [6.07, 6.45) is 2.35. The van der Waals surface area contributed by atoms with Crippen molar-refractivity contribution in [2.75, 3.05) is 13.1 Å². The Kier molecular flexibility index (Phi) is 5.41. The van der Waals surface area contributed by atoms with Crippen molar-refractivity contribution in [2.45, 2.75) is 40.5 Å². The lowest BCUT2D eigenvalue weighted by atomic mass is 9.81. The largest absolute Gasteiger partial charge is 0.316 e. The average molecular weight is 283 g/mol. The fourth-order valence-electron chi connectivity index (χ4n) is 2.87. The summed E-state index contributed by atoms with van der Waals surface area (Å²) < 4.78 is 0. The molecule has 0 spiro atoms. The van der Waals surface area contributed by atoms with Crippen LogP contribution in [0.5, 0.6) is 0 Å². The Morgan fingerprint density at radius 3 is 2.48 bits per heavy atom. The zero-order valence-electron chi connectivity index (χ0n) is 13.9. The maximum absolute atomic E-state index is 3.56. The average Bonchev–Trinajstić information content (AvgIpc) is 2.44. The third kappa shape index (κ3) is 4.86. The number of hydrogen-bond donors (Lipinski definition) is 1. The Morgan fingerprint density at radius 2 is 1.71 bits per heavy atom. The summed E-state index contributed by atoms with van der Waals surface area (Å²) in [5.41, 5.74) is 1.80. The second kappa shape index (κ2) is 7.09. The molecule has 0 heterocycles. The van der Waals surface area contributed by atoms with E-state index in [1.54, 1.807) is 0 Å². The fourth-order valence-corrected chi connectivity index (χ4v) is 2.87. The van der Waals surface area contributed by atoms with Crippen LogP contribution in [-0.4, -0.2) is 13.1 Å². The lowest BCUT2D eigenvalue weighted by Crippen LogP contribution is -2.26. The monoisotopic (exact) mass is 283 g/mol. The van der Waals surface area contributed by atoms with Crippen LogP contribution >= 0.6 is 0 Å². The van der Waals surface area contributed by atoms with Gasteiger partial charge in [-0.1, -0.05) is 70.2 Å². The third-order valence-corrected chi connectivity index (χ3v) is 4.08. The van der Waals surface area contributed by atoms with Crippen molar-refractivity contribution in [1.29, 1.82) is 0 Å². The molecule has 2 aromatic rings. The molecule has 0 fully saturated rings. The van der Waals surface area contributed by atoms with Crippen LogP contribution in [0.2, 0.25) is 0 Å². The van der Waals surface area contributed by atoms with Gasteiger partial charge in [-0.25, -0.2) is 0 Å². The minimum absolute atomic E-state index is 0.327. The van der Waals surface area contributed by atoms with E-state index < -0.39 is 0 Å². The standard InChI is InChI=1S/C20H29N/c1-16(2)15-21-13-12-20(3,4)14-18-10-7-9-17-8-5-6-11-19(17)18/h5-11,16,21H,12-15H2,1-4H3. The molecule has 0 saturated carbocycles. The summed E-state index contributed by atoms with van der Waals surface area (Å²) in [7, 11) is 0. The van der Waals surface area contributed by atoms with Gasteiger partial charge in [0, 0.05) is 0 Å². The first kappa shape index (κ1) is 16.0. The molecule has 0 unspecified atom stereocenters. The van der Waals surface area contributed by atoms with Crippen molar-refractivity contribution in [2.24, 2.45) is 11.3 Å². The maximum Gasteiger partial charge on any atom is -0.00258 e. The van der Waals surface area contributed by atoms with Crippen molar-refractivity contribution in [3.05, 3.63) is 48.0 Å². The second-order valence-electron chi connectivity index (χ2n) is 7.33. The molecular formula is C20H29N. The number of nitrogens with one attached hydrogen (secondary N) is 1. The predicted octanol–water partition coefficient (Wildman–Crippen LogP) is 5.04. The number of fused-ring (bicyclic) bond motifs is 1. The molecule has 0 radical (unpaired) electrons. The molecule has 1 nitrogen and oxygen atoms in total. The van der Waals surface area contributed by atoms with Crippen molar-refractivity contribution in [1.82, 2.24) is 5.32 Å². The van der Waals surface area contributed by atoms with E-state index in [0.29, 0.717) is 5.41 Å². The van der Waals surface area contributed by atoms with Gasteiger partial charge in [-0.3, -0.25) is 0 Å². The minimum atomic E-state index is 0.327. The van der Waals surface area contributed by atoms with E-state index in [-0.39, 0.29) is 0 Å². The number of rotatable bonds is 7. The molecule has 2 aromatic carbocycles. The van der Waals surface area contributed by atoms with Gasteiger partial charge in [0.25, 0.3) is 0 Å². The normalized spacial score (nSPS) is 12.2. The van der Waals surface area contributed by atoms with Crippen molar-refractivity contribution in [3.8, 4) is 0 Å². The zero-order chi connectivity index (χ0) is 15.3. The van der Waals surface area contributed by atoms with Crippen LogP contribution in [-0.2, 0) is 6.42 Å². The van der Waals surface area contributed by atoms with E-state index in [9.17, 15) is 0 Å². The van der Waals surface area contributed by atoms with E-state index in [0.717, 1.165) is 25.4 Å². The molecule has 1 N–H and O–H groups in total. The highest BCUT2D eigenvalue weighted by molar-refractivity contribution is 5.85. The molecule has 21 heavy (non-hydrogen) atoms. The predicted molar refractivity (Wildman–Crippen MR) is 93.8 cm³/mol. The minimum Gasteiger partial charge on any atom is -0.316 e. The van der Waals surface area contributed by atoms with Crippen LogP contribution in [0.1, 0.15) is 39.7 Å². The van der Waals surface area contributed by atoms with Gasteiger partial charge in [-0.2, -0.15) is 0 Å². The van der Waals surface area contributed by atoms with Gasteiger partial charge in [-0.15, -0.1) is 0 Å². The third-order valence-electron chi connectivity index (χ3n) is 4.08. The van der Waals surface area contributed by atoms with E-state index >= 15 is 0 Å². The smallest absolute Gasteiger partial charge is 0.00258 e. The van der Waals surface area contributed by atoms with E-state index in [1.807, 2.05) is 0 Å². The molecule has 0 amide bonds. The van der Waals surface area contributed by atoms with Crippen LogP contribution in [0.3, 0.4) is 0 Å². The zero-order valence-corrected chi connectivity index (χ0v) is 13.9. The molecule has 0 aliphatic rings. The van der Waals surface area contributed by atoms with Crippen LogP contribution in [0.15, 0.2) is 42.5 Å². The van der Waals surface area contributed by atoms with Crippen LogP contribution in [0.25, 0.3) is 10.8 Å². The first-order valence-electron chi connectivity index (χ1n) is 8.15. The molecule has 0 saturated heterocycles. The van der Waals surface area contributed by atoms with Gasteiger partial charge in [0.1, 0.15) is 0 Å². The van der Waals surface area contributed by atoms with Crippen molar-refractivity contribution >= 4 is 10.8 Å². The highest BCUT2D eigenvalue weighted by Crippen LogP contribution is 2.29. The SMILES string of the molecule is CC(C)CNCCC(C)(C)Cc1cccc2ccccc12. The molecule has 0 aliphatic carbocycles. The van der Waals surface area contributed by atoms with Gasteiger partial charge in [0.15, 0.2) is 0 Å². The van der Waals surface area contributed by atoms with Crippen LogP contribution in [0, 0.1) is 11.3 Å². The maximum atomic E-state index is 3.56. The molecule has 0 aromatic heterocycles. The summed E-state index contributed by atoms with van der Waals surface area (Å²) >= 11 is 0. The second-order valence-corrected chi connectivity index (χ2v) is 7.33. The molecular weight excluding hydrogens is 254 g/mol. The number of hydrogen-bond acceptors (Lipinski definition) is 1. The lowest BCUT2D eigenvalue weighted by Gasteiger charge is -2.26. The topological polar surface area (TPSA) is 12.0 Å². The Balaban J connectivity index is 2.01. The van der Waals surface area contributed by atoms with Gasteiger partial charge in [-0.05, 0) is 53.6 Å². The molecule has 0 bridgehead atoms. The number of benzene rings is 2. The summed E-state index contributed by atoms with van der Waals surface area (Å²) in [6, 6.07) is 15.4.